The van der Waals surface area contributed by atoms with Gasteiger partial charge in [0.05, 0.1) is 17.4 Å². The van der Waals surface area contributed by atoms with Crippen molar-refractivity contribution < 1.29 is 4.79 Å². The fraction of sp³-hybridized carbons (Fsp3) is 0.182. The Labute approximate surface area is 159 Å². The van der Waals surface area contributed by atoms with Gasteiger partial charge >= 0.3 is 0 Å². The Morgan fingerprint density at radius 1 is 1.07 bits per heavy atom. The molecule has 27 heavy (non-hydrogen) atoms. The summed E-state index contributed by atoms with van der Waals surface area (Å²) in [5, 5.41) is 2.95. The van der Waals surface area contributed by atoms with Crippen LogP contribution in [0.5, 0.6) is 0 Å². The van der Waals surface area contributed by atoms with E-state index in [-0.39, 0.29) is 5.91 Å². The number of aromatic nitrogens is 1. The molecule has 0 saturated heterocycles. The molecule has 1 aliphatic heterocycles. The summed E-state index contributed by atoms with van der Waals surface area (Å²) in [6.45, 7) is 0.901. The molecule has 4 rings (SSSR count). The van der Waals surface area contributed by atoms with E-state index in [1.165, 1.54) is 11.3 Å². The Balaban J connectivity index is 1.53. The predicted molar refractivity (Wildman–Crippen MR) is 110 cm³/mol. The lowest BCUT2D eigenvalue weighted by atomic mass is 10.2. The van der Waals surface area contributed by atoms with Crippen molar-refractivity contribution >= 4 is 28.7 Å². The number of amides is 1. The summed E-state index contributed by atoms with van der Waals surface area (Å²) >= 11 is 0. The number of rotatable bonds is 4. The van der Waals surface area contributed by atoms with E-state index in [4.69, 9.17) is 0 Å². The minimum absolute atomic E-state index is 0.158. The molecule has 1 aliphatic rings. The second-order valence-electron chi connectivity index (χ2n) is 6.86. The van der Waals surface area contributed by atoms with Crippen LogP contribution in [0.2, 0.25) is 0 Å². The number of pyridine rings is 1. The van der Waals surface area contributed by atoms with Crippen molar-refractivity contribution in [2.45, 2.75) is 6.42 Å². The normalized spacial score (nSPS) is 12.6. The van der Waals surface area contributed by atoms with Crippen molar-refractivity contribution in [2.75, 3.05) is 35.8 Å². The van der Waals surface area contributed by atoms with Crippen LogP contribution in [0, 0.1) is 0 Å². The molecule has 0 spiro atoms. The van der Waals surface area contributed by atoms with E-state index in [1.807, 2.05) is 61.6 Å². The van der Waals surface area contributed by atoms with E-state index in [0.717, 1.165) is 30.0 Å². The third kappa shape index (κ3) is 3.49. The first-order valence-corrected chi connectivity index (χ1v) is 9.01. The monoisotopic (exact) mass is 358 g/mol. The van der Waals surface area contributed by atoms with Gasteiger partial charge in [-0.3, -0.25) is 9.78 Å². The molecule has 1 aromatic heterocycles. The van der Waals surface area contributed by atoms with Crippen LogP contribution >= 0.6 is 0 Å². The van der Waals surface area contributed by atoms with E-state index in [0.29, 0.717) is 5.56 Å². The van der Waals surface area contributed by atoms with Gasteiger partial charge in [0, 0.05) is 43.9 Å². The maximum atomic E-state index is 12.7. The highest BCUT2D eigenvalue weighted by Crippen LogP contribution is 2.34. The van der Waals surface area contributed by atoms with Gasteiger partial charge in [-0.1, -0.05) is 18.2 Å². The van der Waals surface area contributed by atoms with Gasteiger partial charge in [-0.25, -0.2) is 0 Å². The van der Waals surface area contributed by atoms with Gasteiger partial charge < -0.3 is 15.1 Å². The maximum Gasteiger partial charge on any atom is 0.257 e. The number of anilines is 4. The molecular weight excluding hydrogens is 336 g/mol. The number of benzene rings is 2. The molecule has 0 saturated carbocycles. The Bertz CT molecular complexity index is 966. The zero-order chi connectivity index (χ0) is 18.8. The van der Waals surface area contributed by atoms with Crippen LogP contribution in [-0.2, 0) is 6.42 Å². The number of carbonyl (C=O) groups is 1. The topological polar surface area (TPSA) is 48.5 Å². The standard InChI is InChI=1S/C22H22N4O/c1-25(2)19-9-7-18(8-10-19)24-22(27)17-13-20(15-23-14-17)26-12-11-16-5-3-4-6-21(16)26/h3-10,13-15H,11-12H2,1-2H3,(H,24,27). The van der Waals surface area contributed by atoms with Gasteiger partial charge in [0.1, 0.15) is 0 Å². The molecule has 0 unspecified atom stereocenters. The number of nitrogens with one attached hydrogen (secondary N) is 1. The molecule has 0 radical (unpaired) electrons. The zero-order valence-electron chi connectivity index (χ0n) is 15.5. The van der Waals surface area contributed by atoms with Crippen molar-refractivity contribution in [3.63, 3.8) is 0 Å². The van der Waals surface area contributed by atoms with Crippen molar-refractivity contribution in [1.82, 2.24) is 4.98 Å². The summed E-state index contributed by atoms with van der Waals surface area (Å²) in [5.41, 5.74) is 5.86. The summed E-state index contributed by atoms with van der Waals surface area (Å²) < 4.78 is 0. The summed E-state index contributed by atoms with van der Waals surface area (Å²) in [6.07, 6.45) is 4.42. The third-order valence-electron chi connectivity index (χ3n) is 4.83. The predicted octanol–water partition coefficient (Wildman–Crippen LogP) is 4.09. The fourth-order valence-corrected chi connectivity index (χ4v) is 3.35. The molecule has 5 heteroatoms. The van der Waals surface area contributed by atoms with Crippen LogP contribution in [0.25, 0.3) is 0 Å². The maximum absolute atomic E-state index is 12.7. The van der Waals surface area contributed by atoms with Crippen molar-refractivity contribution in [1.29, 1.82) is 0 Å². The summed E-state index contributed by atoms with van der Waals surface area (Å²) in [6, 6.07) is 18.0. The Morgan fingerprint density at radius 3 is 2.63 bits per heavy atom. The minimum Gasteiger partial charge on any atom is -0.378 e. The number of nitrogens with zero attached hydrogens (tertiary/aromatic N) is 3. The van der Waals surface area contributed by atoms with Gasteiger partial charge in [0.2, 0.25) is 0 Å². The summed E-state index contributed by atoms with van der Waals surface area (Å²) in [7, 11) is 3.97. The SMILES string of the molecule is CN(C)c1ccc(NC(=O)c2cncc(N3CCc4ccccc43)c2)cc1. The number of carbonyl (C=O) groups excluding carboxylic acids is 1. The molecule has 0 atom stereocenters. The second kappa shape index (κ2) is 7.11. The third-order valence-corrected chi connectivity index (χ3v) is 4.83. The highest BCUT2D eigenvalue weighted by Gasteiger charge is 2.21. The quantitative estimate of drug-likeness (QED) is 0.763. The van der Waals surface area contributed by atoms with Gasteiger partial charge in [-0.2, -0.15) is 0 Å². The summed E-state index contributed by atoms with van der Waals surface area (Å²) in [4.78, 5) is 21.2. The molecular formula is C22H22N4O. The van der Waals surface area contributed by atoms with Crippen LogP contribution in [-0.4, -0.2) is 31.5 Å². The number of hydrogen-bond donors (Lipinski definition) is 1. The number of para-hydroxylation sites is 1. The molecule has 3 aromatic rings. The van der Waals surface area contributed by atoms with Crippen LogP contribution in [0.3, 0.4) is 0 Å². The van der Waals surface area contributed by atoms with Crippen LogP contribution in [0.4, 0.5) is 22.7 Å². The number of fused-ring (bicyclic) bond motifs is 1. The first-order valence-electron chi connectivity index (χ1n) is 9.01. The van der Waals surface area contributed by atoms with Crippen molar-refractivity contribution in [3.05, 3.63) is 78.1 Å². The van der Waals surface area contributed by atoms with E-state index in [9.17, 15) is 4.79 Å². The van der Waals surface area contributed by atoms with Crippen LogP contribution in [0.1, 0.15) is 15.9 Å². The smallest absolute Gasteiger partial charge is 0.257 e. The largest absolute Gasteiger partial charge is 0.378 e. The van der Waals surface area contributed by atoms with Crippen LogP contribution < -0.4 is 15.1 Å². The van der Waals surface area contributed by atoms with Gasteiger partial charge in [-0.05, 0) is 48.4 Å². The molecule has 136 valence electrons. The fourth-order valence-electron chi connectivity index (χ4n) is 3.35. The molecule has 0 aliphatic carbocycles. The molecule has 2 heterocycles. The van der Waals surface area contributed by atoms with Crippen LogP contribution in [0.15, 0.2) is 67.0 Å². The Hall–Kier alpha value is -3.34. The minimum atomic E-state index is -0.158. The highest BCUT2D eigenvalue weighted by atomic mass is 16.1. The van der Waals surface area contributed by atoms with Gasteiger partial charge in [0.25, 0.3) is 5.91 Å². The lowest BCUT2D eigenvalue weighted by Gasteiger charge is -2.19. The van der Waals surface area contributed by atoms with Gasteiger partial charge in [-0.15, -0.1) is 0 Å². The Kier molecular flexibility index (Phi) is 4.50. The van der Waals surface area contributed by atoms with E-state index in [2.05, 4.69) is 33.4 Å². The lowest BCUT2D eigenvalue weighted by Crippen LogP contribution is -2.16. The molecule has 1 amide bonds. The van der Waals surface area contributed by atoms with Crippen molar-refractivity contribution in [2.24, 2.45) is 0 Å². The van der Waals surface area contributed by atoms with Crippen molar-refractivity contribution in [3.8, 4) is 0 Å². The first kappa shape index (κ1) is 17.1. The van der Waals surface area contributed by atoms with E-state index < -0.39 is 0 Å². The molecule has 5 nitrogen and oxygen atoms in total. The molecule has 0 bridgehead atoms. The Morgan fingerprint density at radius 2 is 1.85 bits per heavy atom. The molecule has 2 aromatic carbocycles. The average Bonchev–Trinajstić information content (AvgIpc) is 3.12. The van der Waals surface area contributed by atoms with Gasteiger partial charge in [0.15, 0.2) is 0 Å². The molecule has 1 N–H and O–H groups in total. The number of hydrogen-bond acceptors (Lipinski definition) is 4. The zero-order valence-corrected chi connectivity index (χ0v) is 15.5. The highest BCUT2D eigenvalue weighted by molar-refractivity contribution is 6.04. The van der Waals surface area contributed by atoms with E-state index in [1.54, 1.807) is 6.20 Å². The summed E-state index contributed by atoms with van der Waals surface area (Å²) in [5.74, 6) is -0.158. The second-order valence-corrected chi connectivity index (χ2v) is 6.86. The van der Waals surface area contributed by atoms with E-state index >= 15 is 0 Å². The first-order chi connectivity index (χ1) is 13.1. The lowest BCUT2D eigenvalue weighted by molar-refractivity contribution is 0.102. The molecule has 0 fully saturated rings. The average molecular weight is 358 g/mol.